The van der Waals surface area contributed by atoms with Crippen molar-refractivity contribution >= 4 is 34.6 Å². The first-order valence-electron chi connectivity index (χ1n) is 5.70. The molecule has 0 amide bonds. The maximum Gasteiger partial charge on any atom is 0.150 e. The second-order valence-corrected chi connectivity index (χ2v) is 4.79. The first-order valence-corrected chi connectivity index (χ1v) is 6.67. The topological polar surface area (TPSA) is 40.3 Å². The van der Waals surface area contributed by atoms with Crippen LogP contribution in [0, 0.1) is 0 Å². The van der Waals surface area contributed by atoms with E-state index in [1.807, 2.05) is 37.3 Å². The van der Waals surface area contributed by atoms with Crippen LogP contribution in [-0.4, -0.2) is 34.7 Å². The van der Waals surface area contributed by atoms with Gasteiger partial charge in [-0.05, 0) is 19.1 Å². The molecule has 1 aliphatic rings. The lowest BCUT2D eigenvalue weighted by Gasteiger charge is -2.18. The van der Waals surface area contributed by atoms with Crippen LogP contribution in [0.25, 0.3) is 0 Å². The average Bonchev–Trinajstić information content (AvgIpc) is 2.64. The van der Waals surface area contributed by atoms with E-state index >= 15 is 0 Å². The van der Waals surface area contributed by atoms with Crippen molar-refractivity contribution in [2.45, 2.75) is 18.5 Å². The van der Waals surface area contributed by atoms with Crippen molar-refractivity contribution in [2.75, 3.05) is 12.4 Å². The predicted molar refractivity (Wildman–Crippen MR) is 74.9 cm³/mol. The van der Waals surface area contributed by atoms with Crippen LogP contribution < -0.4 is 0 Å². The molecule has 2 atom stereocenters. The van der Waals surface area contributed by atoms with E-state index in [4.69, 9.17) is 23.2 Å². The molecule has 2 rings (SSSR count). The van der Waals surface area contributed by atoms with Crippen LogP contribution in [0.1, 0.15) is 6.92 Å². The van der Waals surface area contributed by atoms with Crippen molar-refractivity contribution in [3.05, 3.63) is 30.3 Å². The largest absolute Gasteiger partial charge is 0.275 e. The van der Waals surface area contributed by atoms with Gasteiger partial charge in [-0.2, -0.15) is 15.3 Å². The fraction of sp³-hybridized carbons (Fsp3) is 0.417. The molecule has 0 radical (unpaired) electrons. The molecule has 1 heterocycles. The van der Waals surface area contributed by atoms with E-state index in [1.165, 1.54) is 0 Å². The maximum atomic E-state index is 6.28. The number of benzene rings is 1. The third-order valence-electron chi connectivity index (χ3n) is 2.63. The SMILES string of the molecule is CC1=NN(CCCl)C(Cl)C1N=Nc1ccccc1. The van der Waals surface area contributed by atoms with Crippen LogP contribution in [0.15, 0.2) is 45.7 Å². The molecule has 0 N–H and O–H groups in total. The second-order valence-electron chi connectivity index (χ2n) is 3.96. The molecule has 0 saturated heterocycles. The minimum absolute atomic E-state index is 0.213. The van der Waals surface area contributed by atoms with Crippen molar-refractivity contribution in [1.29, 1.82) is 0 Å². The van der Waals surface area contributed by atoms with Gasteiger partial charge in [0.1, 0.15) is 11.5 Å². The zero-order valence-corrected chi connectivity index (χ0v) is 11.5. The summed E-state index contributed by atoms with van der Waals surface area (Å²) in [6, 6.07) is 9.35. The second kappa shape index (κ2) is 6.16. The molecule has 0 spiro atoms. The Balaban J connectivity index is 2.06. The Morgan fingerprint density at radius 2 is 2.06 bits per heavy atom. The third kappa shape index (κ3) is 3.00. The minimum atomic E-state index is -0.309. The Morgan fingerprint density at radius 3 is 2.72 bits per heavy atom. The van der Waals surface area contributed by atoms with Crippen molar-refractivity contribution < 1.29 is 0 Å². The standard InChI is InChI=1S/C12H14Cl2N4/c1-9-11(12(14)18(17-9)8-7-13)16-15-10-5-3-2-4-6-10/h2-6,11-12H,7-8H2,1H3. The number of halogens is 2. The molecule has 1 aliphatic heterocycles. The van der Waals surface area contributed by atoms with Crippen molar-refractivity contribution in [1.82, 2.24) is 5.01 Å². The molecule has 0 saturated carbocycles. The monoisotopic (exact) mass is 284 g/mol. The highest BCUT2D eigenvalue weighted by molar-refractivity contribution is 6.23. The zero-order valence-electron chi connectivity index (χ0n) is 10.0. The summed E-state index contributed by atoms with van der Waals surface area (Å²) < 4.78 is 0. The molecule has 96 valence electrons. The van der Waals surface area contributed by atoms with Crippen molar-refractivity contribution in [3.8, 4) is 0 Å². The molecular weight excluding hydrogens is 271 g/mol. The van der Waals surface area contributed by atoms with Crippen LogP contribution >= 0.6 is 23.2 Å². The van der Waals surface area contributed by atoms with Crippen molar-refractivity contribution in [3.63, 3.8) is 0 Å². The summed E-state index contributed by atoms with van der Waals surface area (Å²) in [6.07, 6.45) is 0. The number of rotatable bonds is 4. The predicted octanol–water partition coefficient (Wildman–Crippen LogP) is 3.63. The summed E-state index contributed by atoms with van der Waals surface area (Å²) in [5, 5.41) is 14.5. The Bertz CT molecular complexity index is 447. The molecule has 0 fully saturated rings. The quantitative estimate of drug-likeness (QED) is 0.473. The fourth-order valence-corrected chi connectivity index (χ4v) is 2.25. The van der Waals surface area contributed by atoms with Gasteiger partial charge in [0.15, 0.2) is 0 Å². The summed E-state index contributed by atoms with van der Waals surface area (Å²) >= 11 is 12.0. The summed E-state index contributed by atoms with van der Waals surface area (Å²) in [5.74, 6) is 0.489. The van der Waals surface area contributed by atoms with E-state index < -0.39 is 0 Å². The van der Waals surface area contributed by atoms with Gasteiger partial charge < -0.3 is 0 Å². The van der Waals surface area contributed by atoms with E-state index in [9.17, 15) is 0 Å². The van der Waals surface area contributed by atoms with Gasteiger partial charge in [-0.1, -0.05) is 29.8 Å². The van der Waals surface area contributed by atoms with Crippen LogP contribution in [0.2, 0.25) is 0 Å². The lowest BCUT2D eigenvalue weighted by molar-refractivity contribution is 0.297. The Labute approximate surface area is 116 Å². The van der Waals surface area contributed by atoms with Crippen molar-refractivity contribution in [2.24, 2.45) is 15.3 Å². The zero-order chi connectivity index (χ0) is 13.0. The summed E-state index contributed by atoms with van der Waals surface area (Å²) in [5.41, 5.74) is 1.36. The number of hydrazone groups is 1. The summed E-state index contributed by atoms with van der Waals surface area (Å²) in [7, 11) is 0. The third-order valence-corrected chi connectivity index (χ3v) is 3.26. The molecule has 1 aromatic carbocycles. The number of azo groups is 1. The Morgan fingerprint density at radius 1 is 1.33 bits per heavy atom. The highest BCUT2D eigenvalue weighted by Crippen LogP contribution is 2.23. The van der Waals surface area contributed by atoms with Gasteiger partial charge in [-0.25, -0.2) is 0 Å². The first kappa shape index (κ1) is 13.3. The van der Waals surface area contributed by atoms with Gasteiger partial charge in [0.25, 0.3) is 0 Å². The molecule has 1 aromatic rings. The van der Waals surface area contributed by atoms with Crippen LogP contribution in [0.5, 0.6) is 0 Å². The van der Waals surface area contributed by atoms with Gasteiger partial charge in [0.05, 0.1) is 17.9 Å². The molecule has 0 bridgehead atoms. The summed E-state index contributed by atoms with van der Waals surface area (Å²) in [6.45, 7) is 2.52. The highest BCUT2D eigenvalue weighted by Gasteiger charge is 2.33. The van der Waals surface area contributed by atoms with Gasteiger partial charge in [-0.3, -0.25) is 5.01 Å². The van der Waals surface area contributed by atoms with Crippen LogP contribution in [0.3, 0.4) is 0 Å². The first-order chi connectivity index (χ1) is 8.72. The maximum absolute atomic E-state index is 6.28. The van der Waals surface area contributed by atoms with Gasteiger partial charge in [0.2, 0.25) is 0 Å². The van der Waals surface area contributed by atoms with E-state index in [-0.39, 0.29) is 11.5 Å². The Hall–Kier alpha value is -1.13. The lowest BCUT2D eigenvalue weighted by atomic mass is 10.2. The van der Waals surface area contributed by atoms with Gasteiger partial charge >= 0.3 is 0 Å². The van der Waals surface area contributed by atoms with E-state index in [0.717, 1.165) is 11.4 Å². The van der Waals surface area contributed by atoms with E-state index in [1.54, 1.807) is 5.01 Å². The molecule has 0 aliphatic carbocycles. The smallest absolute Gasteiger partial charge is 0.150 e. The van der Waals surface area contributed by atoms with Gasteiger partial charge in [-0.15, -0.1) is 11.6 Å². The van der Waals surface area contributed by atoms with E-state index in [2.05, 4.69) is 15.3 Å². The molecule has 2 unspecified atom stereocenters. The fourth-order valence-electron chi connectivity index (χ4n) is 1.70. The Kier molecular flexibility index (Phi) is 4.55. The minimum Gasteiger partial charge on any atom is -0.275 e. The van der Waals surface area contributed by atoms with E-state index in [0.29, 0.717) is 12.4 Å². The molecule has 4 nitrogen and oxygen atoms in total. The average molecular weight is 285 g/mol. The number of alkyl halides is 2. The number of hydrogen-bond donors (Lipinski definition) is 0. The molecule has 0 aromatic heterocycles. The summed E-state index contributed by atoms with van der Waals surface area (Å²) in [4.78, 5) is 0. The number of hydrogen-bond acceptors (Lipinski definition) is 4. The van der Waals surface area contributed by atoms with Crippen LogP contribution in [0.4, 0.5) is 5.69 Å². The molecular formula is C12H14Cl2N4. The normalized spacial score (nSPS) is 23.7. The van der Waals surface area contributed by atoms with Gasteiger partial charge in [0, 0.05) is 5.88 Å². The highest BCUT2D eigenvalue weighted by atomic mass is 35.5. The number of nitrogens with zero attached hydrogens (tertiary/aromatic N) is 4. The van der Waals surface area contributed by atoms with Crippen LogP contribution in [-0.2, 0) is 0 Å². The lowest BCUT2D eigenvalue weighted by Crippen LogP contribution is -2.31. The molecule has 6 heteroatoms. The molecule has 18 heavy (non-hydrogen) atoms.